The molecule has 0 aliphatic heterocycles. The molecule has 4 heteroatoms. The van der Waals surface area contributed by atoms with E-state index in [1.54, 1.807) is 5.38 Å². The lowest BCUT2D eigenvalue weighted by molar-refractivity contribution is 0.456. The number of rotatable bonds is 2. The normalized spacial score (nSPS) is 11.9. The predicted molar refractivity (Wildman–Crippen MR) is 54.8 cm³/mol. The SMILES string of the molecule is CC(C)(C)SCc1nc(O)cs1. The Hall–Kier alpha value is -0.220. The van der Waals surface area contributed by atoms with Crippen LogP contribution in [0, 0.1) is 0 Å². The van der Waals surface area contributed by atoms with E-state index in [4.69, 9.17) is 5.11 Å². The molecule has 0 saturated heterocycles. The van der Waals surface area contributed by atoms with Crippen LogP contribution >= 0.6 is 23.1 Å². The van der Waals surface area contributed by atoms with Crippen molar-refractivity contribution in [1.82, 2.24) is 4.98 Å². The molecule has 1 aromatic heterocycles. The summed E-state index contributed by atoms with van der Waals surface area (Å²) in [5, 5.41) is 11.6. The van der Waals surface area contributed by atoms with Crippen molar-refractivity contribution >= 4 is 23.1 Å². The van der Waals surface area contributed by atoms with Crippen molar-refractivity contribution in [3.05, 3.63) is 10.4 Å². The van der Waals surface area contributed by atoms with E-state index >= 15 is 0 Å². The third kappa shape index (κ3) is 3.45. The minimum absolute atomic E-state index is 0.143. The molecule has 12 heavy (non-hydrogen) atoms. The van der Waals surface area contributed by atoms with Gasteiger partial charge in [-0.25, -0.2) is 4.98 Å². The van der Waals surface area contributed by atoms with Crippen molar-refractivity contribution < 1.29 is 5.11 Å². The quantitative estimate of drug-likeness (QED) is 0.802. The van der Waals surface area contributed by atoms with Gasteiger partial charge < -0.3 is 5.11 Å². The summed E-state index contributed by atoms with van der Waals surface area (Å²) in [4.78, 5) is 3.97. The molecule has 0 amide bonds. The average Bonchev–Trinajstić information content (AvgIpc) is 2.30. The third-order valence-electron chi connectivity index (χ3n) is 1.17. The minimum atomic E-state index is 0.143. The topological polar surface area (TPSA) is 33.1 Å². The maximum Gasteiger partial charge on any atom is 0.222 e. The lowest BCUT2D eigenvalue weighted by Crippen LogP contribution is -2.07. The number of aromatic nitrogens is 1. The Morgan fingerprint density at radius 1 is 1.58 bits per heavy atom. The molecule has 0 aliphatic rings. The van der Waals surface area contributed by atoms with E-state index in [-0.39, 0.29) is 10.6 Å². The molecule has 0 aromatic carbocycles. The summed E-state index contributed by atoms with van der Waals surface area (Å²) < 4.78 is 0.265. The zero-order chi connectivity index (χ0) is 9.19. The first-order valence-corrected chi connectivity index (χ1v) is 5.61. The number of thioether (sulfide) groups is 1. The second-order valence-electron chi connectivity index (χ2n) is 3.50. The minimum Gasteiger partial charge on any atom is -0.493 e. The molecule has 0 fully saturated rings. The van der Waals surface area contributed by atoms with Crippen LogP contribution in [-0.4, -0.2) is 14.8 Å². The fraction of sp³-hybridized carbons (Fsp3) is 0.625. The molecule has 1 rings (SSSR count). The van der Waals surface area contributed by atoms with Crippen LogP contribution in [0.4, 0.5) is 0 Å². The Morgan fingerprint density at radius 2 is 2.25 bits per heavy atom. The average molecular weight is 203 g/mol. The van der Waals surface area contributed by atoms with Crippen molar-refractivity contribution in [3.63, 3.8) is 0 Å². The Balaban J connectivity index is 2.44. The fourth-order valence-electron chi connectivity index (χ4n) is 0.646. The van der Waals surface area contributed by atoms with Gasteiger partial charge in [0.1, 0.15) is 5.01 Å². The Labute approximate surface area is 81.0 Å². The summed E-state index contributed by atoms with van der Waals surface area (Å²) in [6.45, 7) is 6.52. The molecule has 1 heterocycles. The maximum atomic E-state index is 8.97. The summed E-state index contributed by atoms with van der Waals surface area (Å²) in [7, 11) is 0. The first-order chi connectivity index (χ1) is 5.47. The van der Waals surface area contributed by atoms with Crippen LogP contribution in [-0.2, 0) is 5.75 Å². The molecule has 0 aliphatic carbocycles. The Morgan fingerprint density at radius 3 is 2.67 bits per heavy atom. The summed E-state index contributed by atoms with van der Waals surface area (Å²) in [6.07, 6.45) is 0. The number of thiazole rings is 1. The van der Waals surface area contributed by atoms with Crippen LogP contribution in [0.2, 0.25) is 0 Å². The van der Waals surface area contributed by atoms with Crippen LogP contribution in [0.15, 0.2) is 5.38 Å². The lowest BCUT2D eigenvalue weighted by atomic mass is 10.3. The molecular weight excluding hydrogens is 190 g/mol. The summed E-state index contributed by atoms with van der Waals surface area (Å²) in [5.41, 5.74) is 0. The highest BCUT2D eigenvalue weighted by Crippen LogP contribution is 2.29. The first-order valence-electron chi connectivity index (χ1n) is 3.75. The van der Waals surface area contributed by atoms with Gasteiger partial charge in [0.2, 0.25) is 5.88 Å². The van der Waals surface area contributed by atoms with Gasteiger partial charge in [0.25, 0.3) is 0 Å². The molecule has 1 aromatic rings. The van der Waals surface area contributed by atoms with Crippen molar-refractivity contribution in [2.75, 3.05) is 0 Å². The second-order valence-corrected chi connectivity index (χ2v) is 6.25. The molecule has 2 nitrogen and oxygen atoms in total. The lowest BCUT2D eigenvalue weighted by Gasteiger charge is -2.15. The van der Waals surface area contributed by atoms with Gasteiger partial charge in [-0.05, 0) is 0 Å². The van der Waals surface area contributed by atoms with Gasteiger partial charge in [-0.3, -0.25) is 0 Å². The van der Waals surface area contributed by atoms with E-state index in [0.717, 1.165) is 10.8 Å². The van der Waals surface area contributed by atoms with Crippen molar-refractivity contribution in [2.24, 2.45) is 0 Å². The van der Waals surface area contributed by atoms with Crippen LogP contribution in [0.5, 0.6) is 5.88 Å². The van der Waals surface area contributed by atoms with Crippen LogP contribution in [0.3, 0.4) is 0 Å². The Kier molecular flexibility index (Phi) is 3.01. The van der Waals surface area contributed by atoms with Crippen LogP contribution in [0.1, 0.15) is 25.8 Å². The largest absolute Gasteiger partial charge is 0.493 e. The number of hydrogen-bond acceptors (Lipinski definition) is 4. The van der Waals surface area contributed by atoms with Crippen molar-refractivity contribution in [1.29, 1.82) is 0 Å². The number of aromatic hydroxyl groups is 1. The van der Waals surface area contributed by atoms with Gasteiger partial charge in [0.15, 0.2) is 0 Å². The highest BCUT2D eigenvalue weighted by atomic mass is 32.2. The second kappa shape index (κ2) is 3.66. The van der Waals surface area contributed by atoms with Crippen LogP contribution < -0.4 is 0 Å². The third-order valence-corrected chi connectivity index (χ3v) is 3.47. The number of hydrogen-bond donors (Lipinski definition) is 1. The summed E-state index contributed by atoms with van der Waals surface area (Å²) in [5.74, 6) is 1.03. The predicted octanol–water partition coefficient (Wildman–Crippen LogP) is 2.88. The Bertz CT molecular complexity index is 252. The molecule has 0 bridgehead atoms. The zero-order valence-corrected chi connectivity index (χ0v) is 9.13. The van der Waals surface area contributed by atoms with E-state index in [1.165, 1.54) is 11.3 Å². The van der Waals surface area contributed by atoms with Gasteiger partial charge in [-0.15, -0.1) is 23.1 Å². The summed E-state index contributed by atoms with van der Waals surface area (Å²) in [6, 6.07) is 0. The van der Waals surface area contributed by atoms with Gasteiger partial charge in [-0.2, -0.15) is 0 Å². The van der Waals surface area contributed by atoms with E-state index < -0.39 is 0 Å². The van der Waals surface area contributed by atoms with Crippen molar-refractivity contribution in [3.8, 4) is 5.88 Å². The number of nitrogens with zero attached hydrogens (tertiary/aromatic N) is 1. The van der Waals surface area contributed by atoms with E-state index in [2.05, 4.69) is 25.8 Å². The smallest absolute Gasteiger partial charge is 0.222 e. The summed E-state index contributed by atoms with van der Waals surface area (Å²) >= 11 is 3.35. The molecule has 0 unspecified atom stereocenters. The molecular formula is C8H13NOS2. The van der Waals surface area contributed by atoms with Gasteiger partial charge >= 0.3 is 0 Å². The highest BCUT2D eigenvalue weighted by Gasteiger charge is 2.11. The molecule has 68 valence electrons. The standard InChI is InChI=1S/C8H13NOS2/c1-8(2,3)12-5-7-9-6(10)4-11-7/h4,10H,5H2,1-3H3. The highest BCUT2D eigenvalue weighted by molar-refractivity contribution is 7.99. The molecule has 0 radical (unpaired) electrons. The monoisotopic (exact) mass is 203 g/mol. The maximum absolute atomic E-state index is 8.97. The molecule has 0 spiro atoms. The fourth-order valence-corrected chi connectivity index (χ4v) is 2.16. The molecule has 0 atom stereocenters. The van der Waals surface area contributed by atoms with Crippen LogP contribution in [0.25, 0.3) is 0 Å². The van der Waals surface area contributed by atoms with E-state index in [1.807, 2.05) is 11.8 Å². The molecule has 1 N–H and O–H groups in total. The van der Waals surface area contributed by atoms with Gasteiger partial charge in [0.05, 0.1) is 5.38 Å². The zero-order valence-electron chi connectivity index (χ0n) is 7.50. The van der Waals surface area contributed by atoms with E-state index in [0.29, 0.717) is 0 Å². The van der Waals surface area contributed by atoms with Crippen molar-refractivity contribution in [2.45, 2.75) is 31.3 Å². The van der Waals surface area contributed by atoms with Gasteiger partial charge in [0, 0.05) is 10.5 Å². The molecule has 0 saturated carbocycles. The van der Waals surface area contributed by atoms with E-state index in [9.17, 15) is 0 Å². The first kappa shape index (κ1) is 9.86. The van der Waals surface area contributed by atoms with Gasteiger partial charge in [-0.1, -0.05) is 20.8 Å².